The highest BCUT2D eigenvalue weighted by Gasteiger charge is 2.33. The van der Waals surface area contributed by atoms with Crippen LogP contribution in [0.15, 0.2) is 23.6 Å². The monoisotopic (exact) mass is 210 g/mol. The molecule has 1 aromatic rings. The maximum absolute atomic E-state index is 11.4. The van der Waals surface area contributed by atoms with E-state index < -0.39 is 11.4 Å². The zero-order valence-electron chi connectivity index (χ0n) is 8.93. The van der Waals surface area contributed by atoms with Crippen LogP contribution in [0, 0.1) is 0 Å². The Labute approximate surface area is 87.6 Å². The van der Waals surface area contributed by atoms with Crippen LogP contribution in [0.5, 0.6) is 0 Å². The van der Waals surface area contributed by atoms with Gasteiger partial charge in [-0.05, 0) is 19.9 Å². The predicted octanol–water partition coefficient (Wildman–Crippen LogP) is 0.194. The Morgan fingerprint density at radius 2 is 2.27 bits per heavy atom. The van der Waals surface area contributed by atoms with Crippen LogP contribution in [0.3, 0.4) is 0 Å². The predicted molar refractivity (Wildman–Crippen MR) is 54.8 cm³/mol. The van der Waals surface area contributed by atoms with Gasteiger partial charge in [-0.2, -0.15) is 5.10 Å². The number of carbonyl (C=O) groups excluding carboxylic acids is 1. The van der Waals surface area contributed by atoms with Gasteiger partial charge in [0.15, 0.2) is 5.71 Å². The molecule has 0 radical (unpaired) electrons. The molecule has 6 nitrogen and oxygen atoms in total. The van der Waals surface area contributed by atoms with E-state index in [0.717, 1.165) is 0 Å². The zero-order valence-corrected chi connectivity index (χ0v) is 8.93. The van der Waals surface area contributed by atoms with Crippen molar-refractivity contribution in [2.24, 2.45) is 5.16 Å². The molecule has 0 saturated heterocycles. The van der Waals surface area contributed by atoms with Crippen LogP contribution < -0.4 is 5.32 Å². The van der Waals surface area contributed by atoms with Gasteiger partial charge in [-0.3, -0.25) is 9.48 Å². The van der Waals surface area contributed by atoms with Gasteiger partial charge in [0.1, 0.15) is 5.54 Å². The fourth-order valence-corrected chi connectivity index (χ4v) is 1.27. The van der Waals surface area contributed by atoms with E-state index in [-0.39, 0.29) is 5.71 Å². The molecule has 82 valence electrons. The fraction of sp³-hybridized carbons (Fsp3) is 0.444. The van der Waals surface area contributed by atoms with Crippen molar-refractivity contribution < 1.29 is 10.0 Å². The first-order valence-corrected chi connectivity index (χ1v) is 4.48. The molecule has 0 aromatic carbocycles. The highest BCUT2D eigenvalue weighted by atomic mass is 16.4. The van der Waals surface area contributed by atoms with Gasteiger partial charge in [0, 0.05) is 19.4 Å². The van der Waals surface area contributed by atoms with Crippen LogP contribution in [0.2, 0.25) is 0 Å². The molecule has 15 heavy (non-hydrogen) atoms. The van der Waals surface area contributed by atoms with Crippen molar-refractivity contribution in [2.45, 2.75) is 19.4 Å². The van der Waals surface area contributed by atoms with Gasteiger partial charge in [-0.1, -0.05) is 5.16 Å². The van der Waals surface area contributed by atoms with Crippen molar-refractivity contribution in [2.75, 3.05) is 7.05 Å². The van der Waals surface area contributed by atoms with Gasteiger partial charge in [-0.25, -0.2) is 0 Å². The Kier molecular flexibility index (Phi) is 3.08. The lowest BCUT2D eigenvalue weighted by atomic mass is 9.98. The average Bonchev–Trinajstić information content (AvgIpc) is 2.71. The number of hydrogen-bond donors (Lipinski definition) is 2. The lowest BCUT2D eigenvalue weighted by molar-refractivity contribution is -0.114. The molecule has 1 aromatic heterocycles. The van der Waals surface area contributed by atoms with Gasteiger partial charge in [0.2, 0.25) is 0 Å². The molecule has 2 N–H and O–H groups in total. The summed E-state index contributed by atoms with van der Waals surface area (Å²) >= 11 is 0. The summed E-state index contributed by atoms with van der Waals surface area (Å²) < 4.78 is 1.55. The summed E-state index contributed by atoms with van der Waals surface area (Å²) in [5.74, 6) is -0.432. The lowest BCUT2D eigenvalue weighted by Gasteiger charge is -2.24. The molecule has 0 bridgehead atoms. The Balaban J connectivity index is 3.09. The van der Waals surface area contributed by atoms with Crippen molar-refractivity contribution in [1.29, 1.82) is 0 Å². The van der Waals surface area contributed by atoms with Gasteiger partial charge < -0.3 is 10.5 Å². The molecule has 0 aliphatic carbocycles. The number of oxime groups is 1. The largest absolute Gasteiger partial charge is 0.410 e. The van der Waals surface area contributed by atoms with E-state index in [0.29, 0.717) is 0 Å². The molecule has 0 saturated carbocycles. The Morgan fingerprint density at radius 1 is 1.60 bits per heavy atom. The first kappa shape index (κ1) is 11.2. The highest BCUT2D eigenvalue weighted by molar-refractivity contribution is 6.41. The summed E-state index contributed by atoms with van der Waals surface area (Å²) in [6.45, 7) is 3.48. The van der Waals surface area contributed by atoms with Gasteiger partial charge in [0.05, 0.1) is 0 Å². The molecule has 1 amide bonds. The van der Waals surface area contributed by atoms with E-state index in [9.17, 15) is 4.79 Å². The third-order valence-corrected chi connectivity index (χ3v) is 2.20. The van der Waals surface area contributed by atoms with Crippen molar-refractivity contribution >= 4 is 11.6 Å². The maximum atomic E-state index is 11.4. The Hall–Kier alpha value is -1.85. The van der Waals surface area contributed by atoms with Crippen LogP contribution in [0.25, 0.3) is 0 Å². The van der Waals surface area contributed by atoms with Crippen molar-refractivity contribution in [3.63, 3.8) is 0 Å². The molecular weight excluding hydrogens is 196 g/mol. The minimum Gasteiger partial charge on any atom is -0.410 e. The van der Waals surface area contributed by atoms with E-state index in [1.54, 1.807) is 37.0 Å². The summed E-state index contributed by atoms with van der Waals surface area (Å²) in [4.78, 5) is 11.4. The van der Waals surface area contributed by atoms with Crippen molar-refractivity contribution in [3.05, 3.63) is 18.5 Å². The van der Waals surface area contributed by atoms with Crippen molar-refractivity contribution in [1.82, 2.24) is 15.1 Å². The third kappa shape index (κ3) is 1.98. The molecule has 0 aliphatic heterocycles. The molecule has 6 heteroatoms. The first-order chi connectivity index (χ1) is 7.04. The number of rotatable bonds is 3. The van der Waals surface area contributed by atoms with E-state index >= 15 is 0 Å². The summed E-state index contributed by atoms with van der Waals surface area (Å²) in [6.07, 6.45) is 3.30. The number of nitrogens with one attached hydrogen (secondary N) is 1. The Bertz CT molecular complexity index is 367. The third-order valence-electron chi connectivity index (χ3n) is 2.20. The minimum atomic E-state index is -0.793. The van der Waals surface area contributed by atoms with E-state index in [1.165, 1.54) is 7.05 Å². The number of carbonyl (C=O) groups is 1. The summed E-state index contributed by atoms with van der Waals surface area (Å²) in [6, 6.07) is 1.74. The molecule has 0 spiro atoms. The topological polar surface area (TPSA) is 79.5 Å². The Morgan fingerprint density at radius 3 is 2.67 bits per heavy atom. The second-order valence-electron chi connectivity index (χ2n) is 3.54. The van der Waals surface area contributed by atoms with Crippen LogP contribution >= 0.6 is 0 Å². The quantitative estimate of drug-likeness (QED) is 0.424. The molecule has 0 fully saturated rings. The molecule has 1 heterocycles. The standard InChI is InChI=1S/C9H14N4O2/c1-9(2,13-6-4-5-11-13)7(12-15)8(14)10-3/h4-6,15H,1-3H3,(H,10,14)/b12-7-. The number of amides is 1. The van der Waals surface area contributed by atoms with E-state index in [4.69, 9.17) is 5.21 Å². The lowest BCUT2D eigenvalue weighted by Crippen LogP contribution is -2.45. The maximum Gasteiger partial charge on any atom is 0.271 e. The second kappa shape index (κ2) is 4.12. The van der Waals surface area contributed by atoms with Crippen LogP contribution in [0.4, 0.5) is 0 Å². The highest BCUT2D eigenvalue weighted by Crippen LogP contribution is 2.16. The summed E-state index contributed by atoms with van der Waals surface area (Å²) in [5.41, 5.74) is -0.785. The van der Waals surface area contributed by atoms with Crippen LogP contribution in [0.1, 0.15) is 13.8 Å². The van der Waals surface area contributed by atoms with Gasteiger partial charge in [0.25, 0.3) is 5.91 Å². The van der Waals surface area contributed by atoms with Crippen LogP contribution in [-0.2, 0) is 10.3 Å². The number of hydrogen-bond acceptors (Lipinski definition) is 4. The van der Waals surface area contributed by atoms with E-state index in [1.807, 2.05) is 0 Å². The summed E-state index contributed by atoms with van der Waals surface area (Å²) in [7, 11) is 1.48. The van der Waals surface area contributed by atoms with Gasteiger partial charge >= 0.3 is 0 Å². The SMILES string of the molecule is CNC(=O)/C(=N/O)C(C)(C)n1cccn1. The van der Waals surface area contributed by atoms with Crippen LogP contribution in [-0.4, -0.2) is 33.7 Å². The molecule has 0 unspecified atom stereocenters. The smallest absolute Gasteiger partial charge is 0.271 e. The molecular formula is C9H14N4O2. The second-order valence-corrected chi connectivity index (χ2v) is 3.54. The minimum absolute atomic E-state index is 0.00806. The molecule has 1 rings (SSSR count). The number of nitrogens with zero attached hydrogens (tertiary/aromatic N) is 3. The summed E-state index contributed by atoms with van der Waals surface area (Å²) in [5, 5.41) is 18.3. The zero-order chi connectivity index (χ0) is 11.5. The first-order valence-electron chi connectivity index (χ1n) is 4.48. The normalized spacial score (nSPS) is 12.6. The fourth-order valence-electron chi connectivity index (χ4n) is 1.27. The van der Waals surface area contributed by atoms with Crippen molar-refractivity contribution in [3.8, 4) is 0 Å². The molecule has 0 aliphatic rings. The van der Waals surface area contributed by atoms with Gasteiger partial charge in [-0.15, -0.1) is 0 Å². The average molecular weight is 210 g/mol. The molecule has 0 atom stereocenters. The van der Waals surface area contributed by atoms with E-state index in [2.05, 4.69) is 15.6 Å². The number of aromatic nitrogens is 2.